The van der Waals surface area contributed by atoms with Crippen LogP contribution in [-0.2, 0) is 0 Å². The van der Waals surface area contributed by atoms with Crippen molar-refractivity contribution >= 4 is 6.08 Å². The molecule has 2 fully saturated rings. The van der Waals surface area contributed by atoms with Crippen LogP contribution in [-0.4, -0.2) is 17.1 Å². The highest BCUT2D eigenvalue weighted by molar-refractivity contribution is 5.47. The number of nitrogens with one attached hydrogen (secondary N) is 1. The molecule has 1 N–H and O–H groups in total. The summed E-state index contributed by atoms with van der Waals surface area (Å²) in [7, 11) is 0. The molecule has 0 radical (unpaired) electrons. The Morgan fingerprint density at radius 1 is 1.44 bits per heavy atom. The van der Waals surface area contributed by atoms with Crippen molar-refractivity contribution in [1.29, 1.82) is 0 Å². The van der Waals surface area contributed by atoms with Gasteiger partial charge in [0, 0.05) is 24.5 Å². The molecule has 1 saturated carbocycles. The Bertz CT molecular complexity index is 372. The van der Waals surface area contributed by atoms with Crippen molar-refractivity contribution in [2.45, 2.75) is 37.8 Å². The Balaban J connectivity index is 1.55. The monoisotopic (exact) mass is 214 g/mol. The third-order valence-electron chi connectivity index (χ3n) is 3.88. The van der Waals surface area contributed by atoms with Gasteiger partial charge in [-0.2, -0.15) is 0 Å². The highest BCUT2D eigenvalue weighted by Crippen LogP contribution is 2.36. The molecule has 2 nitrogen and oxygen atoms in total. The molecule has 2 bridgehead atoms. The van der Waals surface area contributed by atoms with Crippen LogP contribution in [0.1, 0.15) is 31.2 Å². The molecule has 1 saturated heterocycles. The Labute approximate surface area is 96.8 Å². The summed E-state index contributed by atoms with van der Waals surface area (Å²) in [6.45, 7) is 0. The second kappa shape index (κ2) is 4.38. The first kappa shape index (κ1) is 10.0. The molecule has 3 rings (SSSR count). The Morgan fingerprint density at radius 3 is 3.12 bits per heavy atom. The molecule has 2 heterocycles. The number of hydrogen-bond acceptors (Lipinski definition) is 2. The lowest BCUT2D eigenvalue weighted by Gasteiger charge is -2.21. The lowest BCUT2D eigenvalue weighted by atomic mass is 9.97. The maximum Gasteiger partial charge on any atom is 0.0340 e. The maximum absolute atomic E-state index is 4.11. The summed E-state index contributed by atoms with van der Waals surface area (Å²) in [5, 5.41) is 3.71. The van der Waals surface area contributed by atoms with E-state index in [1.807, 2.05) is 18.5 Å². The summed E-state index contributed by atoms with van der Waals surface area (Å²) in [6, 6.07) is 5.63. The molecule has 1 aromatic heterocycles. The highest BCUT2D eigenvalue weighted by Gasteiger charge is 2.37. The van der Waals surface area contributed by atoms with Crippen molar-refractivity contribution in [2.75, 3.05) is 0 Å². The van der Waals surface area contributed by atoms with E-state index in [0.29, 0.717) is 0 Å². The summed E-state index contributed by atoms with van der Waals surface area (Å²) in [5.74, 6) is 0.934. The summed E-state index contributed by atoms with van der Waals surface area (Å²) < 4.78 is 0. The van der Waals surface area contributed by atoms with Crippen molar-refractivity contribution in [3.8, 4) is 0 Å². The zero-order valence-electron chi connectivity index (χ0n) is 9.47. The first-order valence-corrected chi connectivity index (χ1v) is 6.24. The maximum atomic E-state index is 4.11. The molecule has 3 unspecified atom stereocenters. The largest absolute Gasteiger partial charge is 0.311 e. The van der Waals surface area contributed by atoms with E-state index in [9.17, 15) is 0 Å². The van der Waals surface area contributed by atoms with E-state index in [1.54, 1.807) is 0 Å². The van der Waals surface area contributed by atoms with E-state index in [4.69, 9.17) is 0 Å². The lowest BCUT2D eigenvalue weighted by molar-refractivity contribution is 0.384. The van der Waals surface area contributed by atoms with Gasteiger partial charge in [-0.3, -0.25) is 4.98 Å². The van der Waals surface area contributed by atoms with Crippen LogP contribution in [0.5, 0.6) is 0 Å². The standard InChI is InChI=1S/C14H18N2/c1(3-11-4-2-8-15-10-11)5-14-12-6-7-13(9-12)16-14/h1-4,8,10,12-14,16H,5-7,9H2/b3-1+. The summed E-state index contributed by atoms with van der Waals surface area (Å²) in [4.78, 5) is 4.11. The summed E-state index contributed by atoms with van der Waals surface area (Å²) >= 11 is 0. The predicted octanol–water partition coefficient (Wildman–Crippen LogP) is 2.63. The normalized spacial score (nSPS) is 32.6. The summed E-state index contributed by atoms with van der Waals surface area (Å²) in [6.07, 6.45) is 13.6. The van der Waals surface area contributed by atoms with Crippen LogP contribution >= 0.6 is 0 Å². The molecule has 3 atom stereocenters. The Hall–Kier alpha value is -1.15. The van der Waals surface area contributed by atoms with Gasteiger partial charge in [-0.1, -0.05) is 18.2 Å². The van der Waals surface area contributed by atoms with Gasteiger partial charge in [-0.05, 0) is 43.2 Å². The van der Waals surface area contributed by atoms with E-state index in [-0.39, 0.29) is 0 Å². The van der Waals surface area contributed by atoms with E-state index in [0.717, 1.165) is 24.4 Å². The van der Waals surface area contributed by atoms with Gasteiger partial charge in [0.15, 0.2) is 0 Å². The van der Waals surface area contributed by atoms with Crippen molar-refractivity contribution in [1.82, 2.24) is 10.3 Å². The number of piperidine rings is 1. The van der Waals surface area contributed by atoms with E-state index in [2.05, 4.69) is 28.5 Å². The number of aromatic nitrogens is 1. The van der Waals surface area contributed by atoms with Crippen LogP contribution in [0.3, 0.4) is 0 Å². The SMILES string of the molecule is C(=C\c1cccnc1)/CC1NC2CCC1C2. The second-order valence-electron chi connectivity index (χ2n) is 4.97. The molecule has 1 aliphatic heterocycles. The average Bonchev–Trinajstić information content (AvgIpc) is 2.92. The predicted molar refractivity (Wildman–Crippen MR) is 65.9 cm³/mol. The molecule has 1 aromatic rings. The number of fused-ring (bicyclic) bond motifs is 2. The molecule has 0 spiro atoms. The van der Waals surface area contributed by atoms with Crippen molar-refractivity contribution < 1.29 is 0 Å². The van der Waals surface area contributed by atoms with Gasteiger partial charge in [0.2, 0.25) is 0 Å². The first-order chi connectivity index (χ1) is 7.92. The molecule has 84 valence electrons. The smallest absolute Gasteiger partial charge is 0.0340 e. The summed E-state index contributed by atoms with van der Waals surface area (Å²) in [5.41, 5.74) is 1.20. The van der Waals surface area contributed by atoms with Crippen molar-refractivity contribution in [3.63, 3.8) is 0 Å². The Morgan fingerprint density at radius 2 is 2.44 bits per heavy atom. The van der Waals surface area contributed by atoms with E-state index >= 15 is 0 Å². The molecule has 0 amide bonds. The second-order valence-corrected chi connectivity index (χ2v) is 4.97. The van der Waals surface area contributed by atoms with Gasteiger partial charge in [0.1, 0.15) is 0 Å². The number of nitrogens with zero attached hydrogens (tertiary/aromatic N) is 1. The van der Waals surface area contributed by atoms with Gasteiger partial charge < -0.3 is 5.32 Å². The van der Waals surface area contributed by atoms with Crippen molar-refractivity contribution in [3.05, 3.63) is 36.2 Å². The van der Waals surface area contributed by atoms with Crippen LogP contribution in [0.25, 0.3) is 6.08 Å². The molecule has 16 heavy (non-hydrogen) atoms. The molecular weight excluding hydrogens is 196 g/mol. The molecule has 2 aliphatic rings. The van der Waals surface area contributed by atoms with E-state index in [1.165, 1.54) is 24.8 Å². The van der Waals surface area contributed by atoms with Gasteiger partial charge in [-0.25, -0.2) is 0 Å². The van der Waals surface area contributed by atoms with Gasteiger partial charge in [0.05, 0.1) is 0 Å². The van der Waals surface area contributed by atoms with E-state index < -0.39 is 0 Å². The number of pyridine rings is 1. The van der Waals surface area contributed by atoms with Crippen LogP contribution in [0.4, 0.5) is 0 Å². The zero-order valence-corrected chi connectivity index (χ0v) is 9.47. The lowest BCUT2D eigenvalue weighted by Crippen LogP contribution is -2.34. The fraction of sp³-hybridized carbons (Fsp3) is 0.500. The molecular formula is C14H18N2. The number of hydrogen-bond donors (Lipinski definition) is 1. The fourth-order valence-corrected chi connectivity index (χ4v) is 3.06. The molecule has 1 aliphatic carbocycles. The number of rotatable bonds is 3. The molecule has 0 aromatic carbocycles. The van der Waals surface area contributed by atoms with Crippen LogP contribution < -0.4 is 5.32 Å². The van der Waals surface area contributed by atoms with Gasteiger partial charge in [-0.15, -0.1) is 0 Å². The van der Waals surface area contributed by atoms with Crippen LogP contribution in [0.2, 0.25) is 0 Å². The first-order valence-electron chi connectivity index (χ1n) is 6.24. The third kappa shape index (κ3) is 2.03. The Kier molecular flexibility index (Phi) is 2.75. The van der Waals surface area contributed by atoms with Crippen molar-refractivity contribution in [2.24, 2.45) is 5.92 Å². The topological polar surface area (TPSA) is 24.9 Å². The highest BCUT2D eigenvalue weighted by atomic mass is 15.0. The van der Waals surface area contributed by atoms with Crippen LogP contribution in [0.15, 0.2) is 30.6 Å². The van der Waals surface area contributed by atoms with Gasteiger partial charge >= 0.3 is 0 Å². The fourth-order valence-electron chi connectivity index (χ4n) is 3.06. The minimum absolute atomic E-state index is 0.728. The van der Waals surface area contributed by atoms with Gasteiger partial charge in [0.25, 0.3) is 0 Å². The van der Waals surface area contributed by atoms with Crippen LogP contribution in [0, 0.1) is 5.92 Å². The minimum atomic E-state index is 0.728. The quantitative estimate of drug-likeness (QED) is 0.836. The molecule has 2 heteroatoms. The zero-order chi connectivity index (χ0) is 10.8. The average molecular weight is 214 g/mol. The minimum Gasteiger partial charge on any atom is -0.311 e. The third-order valence-corrected chi connectivity index (χ3v) is 3.88.